The molecule has 1 aromatic heterocycles. The van der Waals surface area contributed by atoms with Gasteiger partial charge in [-0.1, -0.05) is 18.2 Å². The largest absolute Gasteiger partial charge is 0.494 e. The number of hydrogen-bond donors (Lipinski definition) is 2. The maximum absolute atomic E-state index is 13.1. The highest BCUT2D eigenvalue weighted by Crippen LogP contribution is 2.33. The Kier molecular flexibility index (Phi) is 6.23. The fourth-order valence-electron chi connectivity index (χ4n) is 4.34. The Morgan fingerprint density at radius 1 is 1.09 bits per heavy atom. The summed E-state index contributed by atoms with van der Waals surface area (Å²) in [6, 6.07) is 13.2. The van der Waals surface area contributed by atoms with Gasteiger partial charge in [0.25, 0.3) is 0 Å². The quantitative estimate of drug-likeness (QED) is 0.565. The molecule has 1 saturated heterocycles. The number of hydrogen-bond acceptors (Lipinski definition) is 5. The summed E-state index contributed by atoms with van der Waals surface area (Å²) in [7, 11) is -3.66. The van der Waals surface area contributed by atoms with E-state index in [-0.39, 0.29) is 18.0 Å². The molecule has 0 saturated carbocycles. The fourth-order valence-corrected chi connectivity index (χ4v) is 5.76. The summed E-state index contributed by atoms with van der Waals surface area (Å²) in [5.41, 5.74) is 2.43. The number of aromatic amines is 1. The van der Waals surface area contributed by atoms with Gasteiger partial charge in [-0.3, -0.25) is 9.69 Å². The van der Waals surface area contributed by atoms with Gasteiger partial charge >= 0.3 is 5.97 Å². The van der Waals surface area contributed by atoms with Crippen molar-refractivity contribution in [3.63, 3.8) is 0 Å². The summed E-state index contributed by atoms with van der Waals surface area (Å²) in [6.45, 7) is 5.35. The van der Waals surface area contributed by atoms with Gasteiger partial charge in [0, 0.05) is 48.3 Å². The van der Waals surface area contributed by atoms with Crippen LogP contribution in [0.1, 0.15) is 24.2 Å². The summed E-state index contributed by atoms with van der Waals surface area (Å²) in [5.74, 6) is -0.324. The summed E-state index contributed by atoms with van der Waals surface area (Å²) < 4.78 is 32.9. The number of para-hydroxylation sites is 1. The van der Waals surface area contributed by atoms with Crippen LogP contribution in [0.15, 0.2) is 53.4 Å². The zero-order valence-electron chi connectivity index (χ0n) is 18.1. The van der Waals surface area contributed by atoms with E-state index in [1.807, 2.05) is 43.0 Å². The fraction of sp³-hybridized carbons (Fsp3) is 0.348. The molecule has 2 heterocycles. The van der Waals surface area contributed by atoms with E-state index in [0.29, 0.717) is 25.4 Å². The number of carboxylic acids is 1. The van der Waals surface area contributed by atoms with Crippen LogP contribution in [-0.2, 0) is 14.8 Å². The number of rotatable bonds is 7. The molecule has 0 spiro atoms. The number of ether oxygens (including phenoxy) is 1. The summed E-state index contributed by atoms with van der Waals surface area (Å²) in [4.78, 5) is 17.6. The molecule has 0 bridgehead atoms. The molecule has 0 aliphatic carbocycles. The van der Waals surface area contributed by atoms with Crippen LogP contribution in [0.4, 0.5) is 0 Å². The SMILES string of the molecule is CCOc1ccc(S(=O)(=O)N2CCN(C(C(=O)O)c3c(C)[nH]c4ccccc34)CC2)cc1. The van der Waals surface area contributed by atoms with Crippen LogP contribution in [0, 0.1) is 6.92 Å². The van der Waals surface area contributed by atoms with Crippen molar-refractivity contribution in [3.8, 4) is 5.75 Å². The summed E-state index contributed by atoms with van der Waals surface area (Å²) >= 11 is 0. The molecule has 8 nitrogen and oxygen atoms in total. The molecule has 2 aromatic carbocycles. The third-order valence-electron chi connectivity index (χ3n) is 5.86. The van der Waals surface area contributed by atoms with Crippen LogP contribution in [0.5, 0.6) is 5.75 Å². The molecule has 1 unspecified atom stereocenters. The third kappa shape index (κ3) is 4.11. The number of carbonyl (C=O) groups is 1. The molecule has 0 radical (unpaired) electrons. The minimum Gasteiger partial charge on any atom is -0.494 e. The molecule has 3 aromatic rings. The number of fused-ring (bicyclic) bond motifs is 1. The van der Waals surface area contributed by atoms with E-state index in [9.17, 15) is 18.3 Å². The van der Waals surface area contributed by atoms with Crippen LogP contribution in [0.3, 0.4) is 0 Å². The minimum absolute atomic E-state index is 0.205. The molecule has 2 N–H and O–H groups in total. The number of sulfonamides is 1. The van der Waals surface area contributed by atoms with Crippen molar-refractivity contribution in [1.82, 2.24) is 14.2 Å². The molecule has 1 fully saturated rings. The van der Waals surface area contributed by atoms with Crippen molar-refractivity contribution in [1.29, 1.82) is 0 Å². The lowest BCUT2D eigenvalue weighted by Gasteiger charge is -2.37. The second-order valence-corrected chi connectivity index (χ2v) is 9.73. The molecule has 9 heteroatoms. The first-order chi connectivity index (χ1) is 15.3. The van der Waals surface area contributed by atoms with Crippen molar-refractivity contribution in [2.45, 2.75) is 24.8 Å². The van der Waals surface area contributed by atoms with E-state index in [0.717, 1.165) is 22.2 Å². The zero-order valence-corrected chi connectivity index (χ0v) is 18.9. The van der Waals surface area contributed by atoms with Crippen LogP contribution in [-0.4, -0.2) is 66.5 Å². The number of aromatic nitrogens is 1. The first-order valence-electron chi connectivity index (χ1n) is 10.6. The number of piperazine rings is 1. The second kappa shape index (κ2) is 8.93. The molecule has 0 amide bonds. The molecular formula is C23H27N3O5S. The number of aryl methyl sites for hydroxylation is 1. The lowest BCUT2D eigenvalue weighted by Crippen LogP contribution is -2.51. The molecule has 1 aliphatic rings. The van der Waals surface area contributed by atoms with Gasteiger partial charge in [0.15, 0.2) is 0 Å². The van der Waals surface area contributed by atoms with E-state index in [1.54, 1.807) is 24.3 Å². The molecule has 1 atom stereocenters. The number of H-pyrrole nitrogens is 1. The average molecular weight is 458 g/mol. The van der Waals surface area contributed by atoms with Crippen LogP contribution in [0.25, 0.3) is 10.9 Å². The Morgan fingerprint density at radius 2 is 1.75 bits per heavy atom. The number of nitrogens with one attached hydrogen (secondary N) is 1. The van der Waals surface area contributed by atoms with E-state index >= 15 is 0 Å². The lowest BCUT2D eigenvalue weighted by atomic mass is 10.0. The van der Waals surface area contributed by atoms with E-state index in [2.05, 4.69) is 4.98 Å². The average Bonchev–Trinajstić information content (AvgIpc) is 3.10. The van der Waals surface area contributed by atoms with Crippen molar-refractivity contribution in [3.05, 3.63) is 59.8 Å². The van der Waals surface area contributed by atoms with Crippen molar-refractivity contribution >= 4 is 26.9 Å². The zero-order chi connectivity index (χ0) is 22.9. The number of carboxylic acid groups (broad SMARTS) is 1. The van der Waals surface area contributed by atoms with Crippen LogP contribution in [0.2, 0.25) is 0 Å². The summed E-state index contributed by atoms with van der Waals surface area (Å²) in [6.07, 6.45) is 0. The summed E-state index contributed by atoms with van der Waals surface area (Å²) in [5, 5.41) is 10.9. The Morgan fingerprint density at radius 3 is 2.38 bits per heavy atom. The normalized spacial score (nSPS) is 16.8. The highest BCUT2D eigenvalue weighted by molar-refractivity contribution is 7.89. The van der Waals surface area contributed by atoms with Gasteiger partial charge in [-0.15, -0.1) is 0 Å². The highest BCUT2D eigenvalue weighted by atomic mass is 32.2. The number of benzene rings is 2. The van der Waals surface area contributed by atoms with Gasteiger partial charge in [-0.05, 0) is 44.2 Å². The number of nitrogens with zero attached hydrogens (tertiary/aromatic N) is 2. The van der Waals surface area contributed by atoms with Crippen molar-refractivity contribution in [2.75, 3.05) is 32.8 Å². The van der Waals surface area contributed by atoms with Gasteiger partial charge in [0.2, 0.25) is 10.0 Å². The predicted molar refractivity (Wildman–Crippen MR) is 121 cm³/mol. The lowest BCUT2D eigenvalue weighted by molar-refractivity contribution is -0.144. The smallest absolute Gasteiger partial charge is 0.325 e. The minimum atomic E-state index is -3.66. The van der Waals surface area contributed by atoms with E-state index < -0.39 is 22.0 Å². The van der Waals surface area contributed by atoms with Crippen molar-refractivity contribution < 1.29 is 23.1 Å². The Bertz CT molecular complexity index is 1210. The third-order valence-corrected chi connectivity index (χ3v) is 7.77. The second-order valence-electron chi connectivity index (χ2n) is 7.79. The van der Waals surface area contributed by atoms with Gasteiger partial charge < -0.3 is 14.8 Å². The van der Waals surface area contributed by atoms with Gasteiger partial charge in [-0.25, -0.2) is 8.42 Å². The number of aliphatic carboxylic acids is 1. The van der Waals surface area contributed by atoms with Gasteiger partial charge in [-0.2, -0.15) is 4.31 Å². The Hall–Kier alpha value is -2.88. The van der Waals surface area contributed by atoms with E-state index in [1.165, 1.54) is 4.31 Å². The maximum atomic E-state index is 13.1. The van der Waals surface area contributed by atoms with Gasteiger partial charge in [0.1, 0.15) is 11.8 Å². The molecule has 170 valence electrons. The van der Waals surface area contributed by atoms with E-state index in [4.69, 9.17) is 4.74 Å². The molecule has 32 heavy (non-hydrogen) atoms. The Balaban J connectivity index is 1.53. The molecule has 4 rings (SSSR count). The maximum Gasteiger partial charge on any atom is 0.325 e. The molecular weight excluding hydrogens is 430 g/mol. The first kappa shape index (κ1) is 22.3. The van der Waals surface area contributed by atoms with Gasteiger partial charge in [0.05, 0.1) is 11.5 Å². The van der Waals surface area contributed by atoms with Crippen LogP contribution >= 0.6 is 0 Å². The monoisotopic (exact) mass is 457 g/mol. The predicted octanol–water partition coefficient (Wildman–Crippen LogP) is 3.01. The Labute approximate surface area is 187 Å². The molecule has 1 aliphatic heterocycles. The van der Waals surface area contributed by atoms with Crippen molar-refractivity contribution in [2.24, 2.45) is 0 Å². The standard InChI is InChI=1S/C23H27N3O5S/c1-3-31-17-8-10-18(11-9-17)32(29,30)26-14-12-25(13-15-26)22(23(27)28)21-16(2)24-20-7-5-4-6-19(20)21/h4-11,22,24H,3,12-15H2,1-2H3,(H,27,28). The first-order valence-corrected chi connectivity index (χ1v) is 12.0. The van der Waals surface area contributed by atoms with Crippen LogP contribution < -0.4 is 4.74 Å². The highest BCUT2D eigenvalue weighted by Gasteiger charge is 2.36. The topological polar surface area (TPSA) is 103 Å².